The number of hydrogen-bond donors (Lipinski definition) is 1. The number of pyridine rings is 1. The molecule has 17 heavy (non-hydrogen) atoms. The molecule has 1 aromatic rings. The lowest BCUT2D eigenvalue weighted by atomic mass is 10.1. The topological polar surface area (TPSA) is 24.9 Å². The van der Waals surface area contributed by atoms with Crippen LogP contribution in [0.2, 0.25) is 5.15 Å². The van der Waals surface area contributed by atoms with Gasteiger partial charge in [0.15, 0.2) is 0 Å². The van der Waals surface area contributed by atoms with Crippen molar-refractivity contribution in [3.05, 3.63) is 23.0 Å². The van der Waals surface area contributed by atoms with Crippen molar-refractivity contribution in [1.82, 2.24) is 4.98 Å². The van der Waals surface area contributed by atoms with Crippen LogP contribution in [-0.4, -0.2) is 11.5 Å². The molecule has 0 radical (unpaired) electrons. The Morgan fingerprint density at radius 1 is 1.18 bits per heavy atom. The van der Waals surface area contributed by atoms with E-state index in [1.807, 2.05) is 13.0 Å². The quantitative estimate of drug-likeness (QED) is 0.532. The van der Waals surface area contributed by atoms with Crippen molar-refractivity contribution in [2.24, 2.45) is 0 Å². The Morgan fingerprint density at radius 2 is 1.88 bits per heavy atom. The Morgan fingerprint density at radius 3 is 2.59 bits per heavy atom. The smallest absolute Gasteiger partial charge is 0.132 e. The van der Waals surface area contributed by atoms with E-state index in [2.05, 4.69) is 17.2 Å². The maximum atomic E-state index is 5.87. The van der Waals surface area contributed by atoms with Crippen LogP contribution in [0, 0.1) is 6.92 Å². The molecule has 1 aromatic heterocycles. The molecule has 0 aliphatic carbocycles. The van der Waals surface area contributed by atoms with Crippen molar-refractivity contribution in [3.63, 3.8) is 0 Å². The van der Waals surface area contributed by atoms with E-state index in [0.717, 1.165) is 17.8 Å². The first kappa shape index (κ1) is 14.3. The monoisotopic (exact) mass is 254 g/mol. The fraction of sp³-hybridized carbons (Fsp3) is 0.643. The molecule has 0 spiro atoms. The van der Waals surface area contributed by atoms with E-state index in [9.17, 15) is 0 Å². The molecule has 0 amide bonds. The van der Waals surface area contributed by atoms with E-state index in [4.69, 9.17) is 11.6 Å². The van der Waals surface area contributed by atoms with Crippen LogP contribution in [-0.2, 0) is 0 Å². The van der Waals surface area contributed by atoms with Gasteiger partial charge in [0.2, 0.25) is 0 Å². The molecular formula is C14H23ClN2. The molecule has 0 saturated carbocycles. The molecular weight excluding hydrogens is 232 g/mol. The summed E-state index contributed by atoms with van der Waals surface area (Å²) in [5, 5.41) is 3.98. The van der Waals surface area contributed by atoms with Crippen LogP contribution in [0.1, 0.15) is 51.0 Å². The minimum atomic E-state index is 0.593. The highest BCUT2D eigenvalue weighted by atomic mass is 35.5. The van der Waals surface area contributed by atoms with E-state index >= 15 is 0 Å². The highest BCUT2D eigenvalue weighted by Gasteiger charge is 1.98. The minimum absolute atomic E-state index is 0.593. The molecule has 1 N–H and O–H groups in total. The van der Waals surface area contributed by atoms with Crippen molar-refractivity contribution in [2.45, 2.75) is 52.4 Å². The molecule has 0 aliphatic rings. The first-order chi connectivity index (χ1) is 8.24. The predicted octanol–water partition coefficient (Wildman–Crippen LogP) is 4.82. The molecule has 0 aliphatic heterocycles. The summed E-state index contributed by atoms with van der Waals surface area (Å²) in [6, 6.07) is 2.05. The van der Waals surface area contributed by atoms with E-state index in [1.165, 1.54) is 38.5 Å². The summed E-state index contributed by atoms with van der Waals surface area (Å²) in [5.74, 6) is 0. The largest absolute Gasteiger partial charge is 0.384 e. The number of nitrogens with zero attached hydrogens (tertiary/aromatic N) is 1. The molecule has 96 valence electrons. The van der Waals surface area contributed by atoms with E-state index < -0.39 is 0 Å². The van der Waals surface area contributed by atoms with Crippen LogP contribution in [0.15, 0.2) is 12.3 Å². The van der Waals surface area contributed by atoms with Crippen molar-refractivity contribution >= 4 is 17.3 Å². The van der Waals surface area contributed by atoms with Crippen LogP contribution >= 0.6 is 11.6 Å². The minimum Gasteiger partial charge on any atom is -0.384 e. The summed E-state index contributed by atoms with van der Waals surface area (Å²) >= 11 is 5.87. The molecule has 0 bridgehead atoms. The van der Waals surface area contributed by atoms with Crippen molar-refractivity contribution in [1.29, 1.82) is 0 Å². The zero-order valence-corrected chi connectivity index (χ0v) is 11.7. The van der Waals surface area contributed by atoms with Gasteiger partial charge in [0.1, 0.15) is 5.15 Å². The van der Waals surface area contributed by atoms with E-state index in [1.54, 1.807) is 6.20 Å². The number of aryl methyl sites for hydroxylation is 1. The van der Waals surface area contributed by atoms with Crippen LogP contribution in [0.25, 0.3) is 0 Å². The van der Waals surface area contributed by atoms with Crippen molar-refractivity contribution in [3.8, 4) is 0 Å². The van der Waals surface area contributed by atoms with Gasteiger partial charge in [-0.25, -0.2) is 4.98 Å². The molecule has 0 atom stereocenters. The van der Waals surface area contributed by atoms with Gasteiger partial charge in [-0.3, -0.25) is 0 Å². The summed E-state index contributed by atoms with van der Waals surface area (Å²) in [4.78, 5) is 4.12. The maximum Gasteiger partial charge on any atom is 0.132 e. The molecule has 3 heteroatoms. The Bertz CT molecular complexity index is 326. The number of anilines is 1. The fourth-order valence-corrected chi connectivity index (χ4v) is 1.90. The van der Waals surface area contributed by atoms with Crippen molar-refractivity contribution < 1.29 is 0 Å². The molecule has 0 fully saturated rings. The lowest BCUT2D eigenvalue weighted by molar-refractivity contribution is 0.617. The van der Waals surface area contributed by atoms with Crippen LogP contribution in [0.4, 0.5) is 5.69 Å². The molecule has 0 unspecified atom stereocenters. The van der Waals surface area contributed by atoms with Gasteiger partial charge in [-0.05, 0) is 25.0 Å². The van der Waals surface area contributed by atoms with Gasteiger partial charge < -0.3 is 5.32 Å². The fourth-order valence-electron chi connectivity index (χ4n) is 1.79. The number of aromatic nitrogens is 1. The van der Waals surface area contributed by atoms with Gasteiger partial charge in [-0.1, -0.05) is 50.6 Å². The van der Waals surface area contributed by atoms with Crippen LogP contribution in [0.3, 0.4) is 0 Å². The second-order valence-corrected chi connectivity index (χ2v) is 4.88. The molecule has 0 aromatic carbocycles. The third-order valence-corrected chi connectivity index (χ3v) is 3.27. The highest BCUT2D eigenvalue weighted by Crippen LogP contribution is 2.16. The van der Waals surface area contributed by atoms with E-state index in [-0.39, 0.29) is 0 Å². The van der Waals surface area contributed by atoms with Crippen LogP contribution < -0.4 is 5.32 Å². The molecule has 0 saturated heterocycles. The SMILES string of the molecule is CCCCCCCCNc1cnc(Cl)c(C)c1. The Hall–Kier alpha value is -0.760. The highest BCUT2D eigenvalue weighted by molar-refractivity contribution is 6.30. The standard InChI is InChI=1S/C14H23ClN2/c1-3-4-5-6-7-8-9-16-13-10-12(2)14(15)17-11-13/h10-11,16H,3-9H2,1-2H3. The Labute approximate surface area is 110 Å². The lowest BCUT2D eigenvalue weighted by Crippen LogP contribution is -2.02. The van der Waals surface area contributed by atoms with Gasteiger partial charge in [0, 0.05) is 6.54 Å². The van der Waals surface area contributed by atoms with Gasteiger partial charge in [0.05, 0.1) is 11.9 Å². The second kappa shape index (κ2) is 8.35. The summed E-state index contributed by atoms with van der Waals surface area (Å²) in [6.45, 7) is 5.25. The third-order valence-electron chi connectivity index (χ3n) is 2.87. The Balaban J connectivity index is 2.11. The second-order valence-electron chi connectivity index (χ2n) is 4.53. The first-order valence-electron chi connectivity index (χ1n) is 6.60. The molecule has 2 nitrogen and oxygen atoms in total. The van der Waals surface area contributed by atoms with Gasteiger partial charge >= 0.3 is 0 Å². The summed E-state index contributed by atoms with van der Waals surface area (Å²) in [7, 11) is 0. The number of hydrogen-bond acceptors (Lipinski definition) is 2. The van der Waals surface area contributed by atoms with E-state index in [0.29, 0.717) is 5.15 Å². The summed E-state index contributed by atoms with van der Waals surface area (Å²) in [6.07, 6.45) is 9.75. The number of halogens is 1. The van der Waals surface area contributed by atoms with Gasteiger partial charge in [-0.2, -0.15) is 0 Å². The zero-order valence-electron chi connectivity index (χ0n) is 10.9. The van der Waals surface area contributed by atoms with Crippen molar-refractivity contribution in [2.75, 3.05) is 11.9 Å². The van der Waals surface area contributed by atoms with Gasteiger partial charge in [0.25, 0.3) is 0 Å². The third kappa shape index (κ3) is 5.92. The zero-order chi connectivity index (χ0) is 12.5. The number of rotatable bonds is 8. The number of nitrogens with one attached hydrogen (secondary N) is 1. The average molecular weight is 255 g/mol. The molecule has 1 heterocycles. The maximum absolute atomic E-state index is 5.87. The number of unbranched alkanes of at least 4 members (excludes halogenated alkanes) is 5. The Kier molecular flexibility index (Phi) is 7.02. The van der Waals surface area contributed by atoms with Gasteiger partial charge in [-0.15, -0.1) is 0 Å². The predicted molar refractivity (Wildman–Crippen MR) is 75.8 cm³/mol. The lowest BCUT2D eigenvalue weighted by Gasteiger charge is -2.07. The normalized spacial score (nSPS) is 10.5. The summed E-state index contributed by atoms with van der Waals surface area (Å²) in [5.41, 5.74) is 2.10. The first-order valence-corrected chi connectivity index (χ1v) is 6.98. The average Bonchev–Trinajstić information content (AvgIpc) is 2.32. The summed E-state index contributed by atoms with van der Waals surface area (Å²) < 4.78 is 0. The van der Waals surface area contributed by atoms with Crippen LogP contribution in [0.5, 0.6) is 0 Å². The molecule has 1 rings (SSSR count).